The predicted molar refractivity (Wildman–Crippen MR) is 250 cm³/mol. The zero-order valence-corrected chi connectivity index (χ0v) is 40.6. The van der Waals surface area contributed by atoms with Crippen LogP contribution in [0.3, 0.4) is 0 Å². The third kappa shape index (κ3) is 14.4. The molecule has 0 radical (unpaired) electrons. The third-order valence-corrected chi connectivity index (χ3v) is 18.3. The Hall–Kier alpha value is -3.22. The van der Waals surface area contributed by atoms with E-state index in [1.54, 1.807) is 0 Å². The maximum Gasteiger partial charge on any atom is 0.309 e. The van der Waals surface area contributed by atoms with Crippen molar-refractivity contribution in [2.45, 2.75) is 192 Å². The second-order valence-corrected chi connectivity index (χ2v) is 22.6. The first kappa shape index (κ1) is 50.2. The summed E-state index contributed by atoms with van der Waals surface area (Å²) >= 11 is 0. The third-order valence-electron chi connectivity index (χ3n) is 18.3. The van der Waals surface area contributed by atoms with Crippen molar-refractivity contribution in [2.75, 3.05) is 39.5 Å². The monoisotopic (exact) mass is 937 g/mol. The summed E-state index contributed by atoms with van der Waals surface area (Å²) in [6, 6.07) is 0. The lowest BCUT2D eigenvalue weighted by molar-refractivity contribution is -0.170. The standard InChI is InChI=1S/C54H84N2O11/c55-51(43-21-17-35-7-1-11-39(35)27-43)62-31-47(32-63-52(59)44-22-18-36-8-2-12-40(36)28-44)66-49(57)15-5-25-56-26-6-16-50(58)67-48(33-64-53(60)45-23-19-37-9-3-13-41(37)29-45)34-65-54(61)46-24-20-38-10-4-14-42(38)30-46/h35-48,55-56H,1-34H2. The summed E-state index contributed by atoms with van der Waals surface area (Å²) in [7, 11) is 0. The lowest BCUT2D eigenvalue weighted by Crippen LogP contribution is -2.35. The highest BCUT2D eigenvalue weighted by Crippen LogP contribution is 2.47. The second-order valence-electron chi connectivity index (χ2n) is 22.6. The van der Waals surface area contributed by atoms with Gasteiger partial charge in [-0.15, -0.1) is 0 Å². The molecule has 13 nitrogen and oxygen atoms in total. The molecule has 8 rings (SSSR count). The molecule has 13 atom stereocenters. The van der Waals surface area contributed by atoms with Crippen LogP contribution in [0.15, 0.2) is 0 Å². The van der Waals surface area contributed by atoms with E-state index in [1.165, 1.54) is 77.0 Å². The van der Waals surface area contributed by atoms with Gasteiger partial charge >= 0.3 is 29.8 Å². The number of carbonyl (C=O) groups is 5. The lowest BCUT2D eigenvalue weighted by atomic mass is 9.76. The van der Waals surface area contributed by atoms with E-state index in [2.05, 4.69) is 5.32 Å². The number of ether oxygens (including phenoxy) is 6. The molecule has 8 fully saturated rings. The van der Waals surface area contributed by atoms with Crippen molar-refractivity contribution in [1.82, 2.24) is 5.32 Å². The average molecular weight is 937 g/mol. The molecule has 8 aliphatic rings. The van der Waals surface area contributed by atoms with E-state index in [0.717, 1.165) is 101 Å². The van der Waals surface area contributed by atoms with Crippen LogP contribution in [-0.2, 0) is 52.4 Å². The zero-order chi connectivity index (χ0) is 46.5. The summed E-state index contributed by atoms with van der Waals surface area (Å²) in [5.74, 6) is 3.83. The topological polar surface area (TPSA) is 177 Å². The van der Waals surface area contributed by atoms with Gasteiger partial charge in [0.15, 0.2) is 18.1 Å². The molecule has 0 heterocycles. The maximum atomic E-state index is 13.2. The molecule has 2 N–H and O–H groups in total. The summed E-state index contributed by atoms with van der Waals surface area (Å²) in [5.41, 5.74) is 0. The van der Waals surface area contributed by atoms with E-state index in [9.17, 15) is 24.0 Å². The molecule has 0 aromatic rings. The van der Waals surface area contributed by atoms with Gasteiger partial charge in [-0.2, -0.15) is 0 Å². The minimum Gasteiger partial charge on any atom is -0.477 e. The van der Waals surface area contributed by atoms with Crippen LogP contribution >= 0.6 is 0 Å². The van der Waals surface area contributed by atoms with Crippen LogP contribution in [0, 0.1) is 76.4 Å². The quantitative estimate of drug-likeness (QED) is 0.0346. The summed E-state index contributed by atoms with van der Waals surface area (Å²) in [4.78, 5) is 65.8. The van der Waals surface area contributed by atoms with Gasteiger partial charge < -0.3 is 33.7 Å². The minimum absolute atomic E-state index is 0.0134. The predicted octanol–water partition coefficient (Wildman–Crippen LogP) is 9.45. The average Bonchev–Trinajstić information content (AvgIpc) is 4.19. The van der Waals surface area contributed by atoms with Crippen molar-refractivity contribution in [2.24, 2.45) is 71.0 Å². The van der Waals surface area contributed by atoms with Crippen LogP contribution in [-0.4, -0.2) is 87.5 Å². The second kappa shape index (κ2) is 25.1. The summed E-state index contributed by atoms with van der Waals surface area (Å²) in [6.07, 6.45) is 25.9. The fourth-order valence-electron chi connectivity index (χ4n) is 14.4. The van der Waals surface area contributed by atoms with Crippen molar-refractivity contribution < 1.29 is 52.4 Å². The van der Waals surface area contributed by atoms with Crippen LogP contribution in [0.25, 0.3) is 0 Å². The Labute approximate surface area is 400 Å². The van der Waals surface area contributed by atoms with Crippen LogP contribution in [0.2, 0.25) is 0 Å². The number of carbonyl (C=O) groups excluding carboxylic acids is 5. The summed E-state index contributed by atoms with van der Waals surface area (Å²) in [5, 5.41) is 12.0. The van der Waals surface area contributed by atoms with E-state index >= 15 is 0 Å². The zero-order valence-electron chi connectivity index (χ0n) is 40.6. The Balaban J connectivity index is 0.737. The number of rotatable bonds is 22. The molecule has 13 unspecified atom stereocenters. The summed E-state index contributed by atoms with van der Waals surface area (Å²) in [6.45, 7) is 0.686. The Morgan fingerprint density at radius 1 is 0.403 bits per heavy atom. The number of esters is 5. The molecular weight excluding hydrogens is 853 g/mol. The van der Waals surface area contributed by atoms with E-state index in [4.69, 9.17) is 33.8 Å². The Kier molecular flexibility index (Phi) is 18.8. The van der Waals surface area contributed by atoms with E-state index < -0.39 is 24.1 Å². The number of nitrogens with one attached hydrogen (secondary N) is 2. The molecule has 8 saturated carbocycles. The van der Waals surface area contributed by atoms with Gasteiger partial charge in [-0.05, 0) is 150 Å². The van der Waals surface area contributed by atoms with Crippen molar-refractivity contribution in [3.05, 3.63) is 0 Å². The molecule has 8 aliphatic carbocycles. The van der Waals surface area contributed by atoms with Crippen molar-refractivity contribution >= 4 is 35.7 Å². The maximum absolute atomic E-state index is 13.2. The number of hydrogen-bond acceptors (Lipinski definition) is 13. The van der Waals surface area contributed by atoms with Gasteiger partial charge in [0, 0.05) is 18.8 Å². The molecule has 0 aliphatic heterocycles. The Bertz CT molecular complexity index is 1460. The highest BCUT2D eigenvalue weighted by molar-refractivity contribution is 5.76. The van der Waals surface area contributed by atoms with Crippen molar-refractivity contribution in [3.63, 3.8) is 0 Å². The molecule has 0 bridgehead atoms. The van der Waals surface area contributed by atoms with Crippen LogP contribution < -0.4 is 5.32 Å². The van der Waals surface area contributed by atoms with Gasteiger partial charge in [0.1, 0.15) is 26.4 Å². The first-order valence-corrected chi connectivity index (χ1v) is 27.5. The molecule has 0 spiro atoms. The van der Waals surface area contributed by atoms with Gasteiger partial charge in [-0.1, -0.05) is 77.0 Å². The smallest absolute Gasteiger partial charge is 0.309 e. The molecule has 0 aromatic heterocycles. The first-order chi connectivity index (χ1) is 32.6. The van der Waals surface area contributed by atoms with Gasteiger partial charge in [0.25, 0.3) is 0 Å². The van der Waals surface area contributed by atoms with Crippen LogP contribution in [0.5, 0.6) is 0 Å². The van der Waals surface area contributed by atoms with Gasteiger partial charge in [0.05, 0.1) is 17.8 Å². The molecule has 0 amide bonds. The van der Waals surface area contributed by atoms with Gasteiger partial charge in [-0.25, -0.2) is 0 Å². The van der Waals surface area contributed by atoms with Crippen LogP contribution in [0.1, 0.15) is 180 Å². The first-order valence-electron chi connectivity index (χ1n) is 27.5. The van der Waals surface area contributed by atoms with Crippen LogP contribution in [0.4, 0.5) is 0 Å². The largest absolute Gasteiger partial charge is 0.477 e. The molecule has 13 heteroatoms. The molecule has 0 aromatic carbocycles. The number of hydrogen-bond donors (Lipinski definition) is 2. The fraction of sp³-hybridized carbons (Fsp3) is 0.889. The molecule has 0 saturated heterocycles. The Morgan fingerprint density at radius 3 is 1.09 bits per heavy atom. The molecule has 67 heavy (non-hydrogen) atoms. The van der Waals surface area contributed by atoms with E-state index in [1.807, 2.05) is 0 Å². The SMILES string of the molecule is N=C(OCC(COC(=O)C1CCC2CCCC2C1)OC(=O)CCCNCCCC(=O)OC(COC(=O)C1CCC2CCCC2C1)COC(=O)C1CCC2CCCC2C1)C1CCC2CCCC2C1. The summed E-state index contributed by atoms with van der Waals surface area (Å²) < 4.78 is 35.0. The van der Waals surface area contributed by atoms with Crippen molar-refractivity contribution in [1.29, 1.82) is 5.41 Å². The number of fused-ring (bicyclic) bond motifs is 4. The van der Waals surface area contributed by atoms with E-state index in [-0.39, 0.29) is 86.7 Å². The highest BCUT2D eigenvalue weighted by atomic mass is 16.6. The molecular formula is C54H84N2O11. The Morgan fingerprint density at radius 2 is 0.716 bits per heavy atom. The van der Waals surface area contributed by atoms with Crippen molar-refractivity contribution in [3.8, 4) is 0 Å². The normalized spacial score (nSPS) is 34.0. The molecule has 376 valence electrons. The fourth-order valence-corrected chi connectivity index (χ4v) is 14.4. The van der Waals surface area contributed by atoms with Gasteiger partial charge in [0.2, 0.25) is 0 Å². The minimum atomic E-state index is -0.868. The van der Waals surface area contributed by atoms with E-state index in [0.29, 0.717) is 49.6 Å². The lowest BCUT2D eigenvalue weighted by Gasteiger charge is -2.32. The highest BCUT2D eigenvalue weighted by Gasteiger charge is 2.41. The van der Waals surface area contributed by atoms with Gasteiger partial charge in [-0.3, -0.25) is 29.4 Å².